The molecule has 5 aliphatic carbocycles. The van der Waals surface area contributed by atoms with E-state index in [0.717, 1.165) is 6.42 Å². The summed E-state index contributed by atoms with van der Waals surface area (Å²) in [6.07, 6.45) is 1.51. The number of halogens is 6. The Labute approximate surface area is 140 Å². The highest BCUT2D eigenvalue weighted by atomic mass is 35.5. The third-order valence-electron chi connectivity index (χ3n) is 6.83. The van der Waals surface area contributed by atoms with Gasteiger partial charge in [0.2, 0.25) is 0 Å². The third kappa shape index (κ3) is 0.784. The van der Waals surface area contributed by atoms with Crippen LogP contribution in [0.3, 0.4) is 0 Å². The molecule has 5 fully saturated rings. The smallest absolute Gasteiger partial charge is 0.160 e. The molecule has 5 rings (SSSR count). The first-order valence-corrected chi connectivity index (χ1v) is 8.73. The molecular weight excluding hydrogens is 373 g/mol. The fraction of sp³-hybridized carbons (Fsp3) is 1.00. The van der Waals surface area contributed by atoms with Gasteiger partial charge in [-0.3, -0.25) is 0 Å². The first kappa shape index (κ1) is 13.2. The van der Waals surface area contributed by atoms with Crippen molar-refractivity contribution in [2.24, 2.45) is 23.7 Å². The second kappa shape index (κ2) is 2.90. The van der Waals surface area contributed by atoms with Crippen molar-refractivity contribution in [2.75, 3.05) is 0 Å². The Morgan fingerprint density at radius 2 is 1.58 bits per heavy atom. The van der Waals surface area contributed by atoms with Gasteiger partial charge in [-0.15, -0.1) is 46.4 Å². The Morgan fingerprint density at radius 3 is 2.21 bits per heavy atom. The van der Waals surface area contributed by atoms with Crippen LogP contribution in [0.25, 0.3) is 0 Å². The number of hydrogen-bond donors (Lipinski definition) is 1. The summed E-state index contributed by atoms with van der Waals surface area (Å²) in [4.78, 5) is -3.48. The second-order valence-corrected chi connectivity index (χ2v) is 10.5. The lowest BCUT2D eigenvalue weighted by atomic mass is 9.76. The summed E-state index contributed by atoms with van der Waals surface area (Å²) >= 11 is 40.4. The van der Waals surface area contributed by atoms with E-state index in [-0.39, 0.29) is 23.7 Å². The molecule has 4 bridgehead atoms. The zero-order valence-electron chi connectivity index (χ0n) is 9.52. The highest BCUT2D eigenvalue weighted by Gasteiger charge is 3.02. The Hall–Kier alpha value is 1.70. The average Bonchev–Trinajstić information content (AvgIpc) is 2.93. The molecule has 7 heteroatoms. The molecule has 0 spiro atoms. The molecule has 0 aromatic rings. The molecule has 1 nitrogen and oxygen atoms in total. The number of hydrogen-bond acceptors (Lipinski definition) is 1. The molecule has 0 aliphatic heterocycles. The van der Waals surface area contributed by atoms with E-state index in [1.807, 2.05) is 0 Å². The number of rotatable bonds is 0. The van der Waals surface area contributed by atoms with Crippen molar-refractivity contribution < 1.29 is 5.11 Å². The molecule has 5 saturated carbocycles. The van der Waals surface area contributed by atoms with Crippen LogP contribution in [0.1, 0.15) is 12.8 Å². The van der Waals surface area contributed by atoms with Crippen LogP contribution in [0.2, 0.25) is 0 Å². The van der Waals surface area contributed by atoms with Gasteiger partial charge in [-0.1, -0.05) is 23.2 Å². The van der Waals surface area contributed by atoms with E-state index in [2.05, 4.69) is 0 Å². The molecule has 0 aromatic carbocycles. The Balaban J connectivity index is 1.96. The predicted octanol–water partition coefficient (Wildman–Crippen LogP) is 3.74. The summed E-state index contributed by atoms with van der Waals surface area (Å²) in [5.41, 5.74) is -1.10. The van der Waals surface area contributed by atoms with Crippen LogP contribution in [0, 0.1) is 23.7 Å². The van der Waals surface area contributed by atoms with Crippen molar-refractivity contribution in [3.05, 3.63) is 0 Å². The maximum absolute atomic E-state index is 11.2. The fourth-order valence-electron chi connectivity index (χ4n) is 6.47. The van der Waals surface area contributed by atoms with Crippen LogP contribution in [-0.4, -0.2) is 35.0 Å². The maximum Gasteiger partial charge on any atom is 0.160 e. The Bertz CT molecular complexity index is 532. The summed E-state index contributed by atoms with van der Waals surface area (Å²) in [6, 6.07) is 0. The summed E-state index contributed by atoms with van der Waals surface area (Å²) < 4.78 is -1.42. The second-order valence-electron chi connectivity index (χ2n) is 6.91. The Kier molecular flexibility index (Phi) is 2.01. The maximum atomic E-state index is 11.2. The van der Waals surface area contributed by atoms with Gasteiger partial charge in [-0.05, 0) is 36.5 Å². The number of aliphatic hydroxyl groups is 1. The van der Waals surface area contributed by atoms with E-state index in [1.165, 1.54) is 0 Å². The van der Waals surface area contributed by atoms with Crippen LogP contribution < -0.4 is 0 Å². The third-order valence-corrected chi connectivity index (χ3v) is 11.9. The highest BCUT2D eigenvalue weighted by Crippen LogP contribution is 2.92. The molecule has 19 heavy (non-hydrogen) atoms. The minimum atomic E-state index is -1.42. The van der Waals surface area contributed by atoms with E-state index in [1.54, 1.807) is 0 Å². The van der Waals surface area contributed by atoms with Crippen LogP contribution in [0.5, 0.6) is 0 Å². The molecule has 0 saturated heterocycles. The lowest BCUT2D eigenvalue weighted by Crippen LogP contribution is -2.60. The molecule has 9 atom stereocenters. The highest BCUT2D eigenvalue weighted by molar-refractivity contribution is 6.63. The van der Waals surface area contributed by atoms with E-state index in [4.69, 9.17) is 69.6 Å². The largest absolute Gasteiger partial charge is 0.388 e. The number of alkyl halides is 6. The summed E-state index contributed by atoms with van der Waals surface area (Å²) in [6.45, 7) is 0. The minimum Gasteiger partial charge on any atom is -0.388 e. The SMILES string of the molecule is OC12CC3CC1C1C3C3(Cl)C(Cl)C2(Cl)C1(Cl)C3(Cl)Cl. The van der Waals surface area contributed by atoms with Gasteiger partial charge in [0.1, 0.15) is 14.6 Å². The summed E-state index contributed by atoms with van der Waals surface area (Å²) in [5.74, 6) is 0.278. The summed E-state index contributed by atoms with van der Waals surface area (Å²) in [7, 11) is 0. The van der Waals surface area contributed by atoms with Crippen LogP contribution in [0.4, 0.5) is 0 Å². The quantitative estimate of drug-likeness (QED) is 0.633. The first-order chi connectivity index (χ1) is 8.60. The van der Waals surface area contributed by atoms with Gasteiger partial charge in [0.05, 0.1) is 11.0 Å². The van der Waals surface area contributed by atoms with Crippen LogP contribution in [-0.2, 0) is 0 Å². The fourth-order valence-corrected chi connectivity index (χ4v) is 10.5. The van der Waals surface area contributed by atoms with Gasteiger partial charge in [0.25, 0.3) is 0 Å². The summed E-state index contributed by atoms with van der Waals surface area (Å²) in [5, 5.41) is 10.4. The lowest BCUT2D eigenvalue weighted by molar-refractivity contribution is -0.0195. The van der Waals surface area contributed by atoms with Crippen LogP contribution >= 0.6 is 69.6 Å². The van der Waals surface area contributed by atoms with Gasteiger partial charge < -0.3 is 5.11 Å². The van der Waals surface area contributed by atoms with Crippen molar-refractivity contribution in [2.45, 2.75) is 42.8 Å². The van der Waals surface area contributed by atoms with Gasteiger partial charge in [0, 0.05) is 0 Å². The minimum absolute atomic E-state index is 0.0127. The zero-order valence-corrected chi connectivity index (χ0v) is 14.1. The van der Waals surface area contributed by atoms with Crippen molar-refractivity contribution in [1.29, 1.82) is 0 Å². The molecule has 0 heterocycles. The van der Waals surface area contributed by atoms with Gasteiger partial charge >= 0.3 is 0 Å². The van der Waals surface area contributed by atoms with Crippen molar-refractivity contribution >= 4 is 69.6 Å². The molecular formula is C12H10Cl6O. The molecule has 9 unspecified atom stereocenters. The monoisotopic (exact) mass is 380 g/mol. The molecule has 0 radical (unpaired) electrons. The topological polar surface area (TPSA) is 20.2 Å². The van der Waals surface area contributed by atoms with Crippen molar-refractivity contribution in [3.63, 3.8) is 0 Å². The van der Waals surface area contributed by atoms with Gasteiger partial charge in [-0.2, -0.15) is 0 Å². The normalized spacial score (nSPS) is 77.5. The van der Waals surface area contributed by atoms with E-state index in [0.29, 0.717) is 6.42 Å². The molecule has 106 valence electrons. The molecule has 0 aromatic heterocycles. The zero-order chi connectivity index (χ0) is 13.8. The van der Waals surface area contributed by atoms with Crippen LogP contribution in [0.15, 0.2) is 0 Å². The van der Waals surface area contributed by atoms with Crippen molar-refractivity contribution in [3.8, 4) is 0 Å². The average molecular weight is 383 g/mol. The van der Waals surface area contributed by atoms with E-state index >= 15 is 0 Å². The predicted molar refractivity (Wildman–Crippen MR) is 78.0 cm³/mol. The van der Waals surface area contributed by atoms with E-state index in [9.17, 15) is 5.11 Å². The van der Waals surface area contributed by atoms with Gasteiger partial charge in [-0.25, -0.2) is 0 Å². The number of fused-ring (bicyclic) bond motifs is 5. The molecule has 1 N–H and O–H groups in total. The first-order valence-electron chi connectivity index (χ1n) is 6.41. The van der Waals surface area contributed by atoms with Gasteiger partial charge in [0.15, 0.2) is 4.33 Å². The standard InChI is InChI=1S/C12H10Cl6O/c13-7-9(14)5-3-1-4-6(5)10(15,12(9,17)18)11(7,16)8(4,19)2-3/h3-7,19H,1-2H2. The molecule has 0 amide bonds. The van der Waals surface area contributed by atoms with E-state index < -0.39 is 29.9 Å². The van der Waals surface area contributed by atoms with Crippen molar-refractivity contribution in [1.82, 2.24) is 0 Å². The lowest BCUT2D eigenvalue weighted by Gasteiger charge is -2.43. The Morgan fingerprint density at radius 1 is 0.947 bits per heavy atom. The molecule has 5 aliphatic rings.